The van der Waals surface area contributed by atoms with Gasteiger partial charge in [0.05, 0.1) is 5.69 Å². The third kappa shape index (κ3) is 5.62. The number of pyridine rings is 1. The molecule has 172 valence electrons. The molecule has 1 aromatic heterocycles. The summed E-state index contributed by atoms with van der Waals surface area (Å²) in [6.07, 6.45) is 2.40. The number of piperazine rings is 1. The number of H-pyrrole nitrogens is 1. The number of benzene rings is 2. The fourth-order valence-electron chi connectivity index (χ4n) is 4.11. The summed E-state index contributed by atoms with van der Waals surface area (Å²) in [6.45, 7) is 4.60. The van der Waals surface area contributed by atoms with Crippen LogP contribution in [0, 0.1) is 0 Å². The molecule has 0 bridgehead atoms. The summed E-state index contributed by atoms with van der Waals surface area (Å²) in [5, 5.41) is 2.93. The standard InChI is InChI=1S/C26H31N5O2/c1-29-15-17-31(18-16-29)22-10-6-9-21(19-22)28-26(33)24-23(11-13-27-25(24)32)30(2)14-12-20-7-4-3-5-8-20/h3-11,13,19H,12,14-18H2,1-2H3,(H,27,32)(H,28,33). The van der Waals surface area contributed by atoms with E-state index in [0.29, 0.717) is 17.9 Å². The number of nitrogens with zero attached hydrogens (tertiary/aromatic N) is 3. The van der Waals surface area contributed by atoms with Gasteiger partial charge in [-0.1, -0.05) is 36.4 Å². The monoisotopic (exact) mass is 445 g/mol. The lowest BCUT2D eigenvalue weighted by Crippen LogP contribution is -2.44. The van der Waals surface area contributed by atoms with Gasteiger partial charge in [-0.3, -0.25) is 9.59 Å². The third-order valence-corrected chi connectivity index (χ3v) is 6.13. The van der Waals surface area contributed by atoms with Gasteiger partial charge in [0.25, 0.3) is 11.5 Å². The Morgan fingerprint density at radius 1 is 1.03 bits per heavy atom. The number of amides is 1. The zero-order valence-corrected chi connectivity index (χ0v) is 19.3. The number of carbonyl (C=O) groups is 1. The second kappa shape index (κ2) is 10.4. The average molecular weight is 446 g/mol. The first-order valence-corrected chi connectivity index (χ1v) is 11.3. The minimum Gasteiger partial charge on any atom is -0.373 e. The van der Waals surface area contributed by atoms with E-state index in [9.17, 15) is 9.59 Å². The SMILES string of the molecule is CN1CCN(c2cccc(NC(=O)c3c(N(C)CCc4ccccc4)cc[nH]c3=O)c2)CC1. The number of nitrogens with one attached hydrogen (secondary N) is 2. The van der Waals surface area contributed by atoms with Crippen molar-refractivity contribution >= 4 is 23.0 Å². The van der Waals surface area contributed by atoms with Crippen molar-refractivity contribution in [1.82, 2.24) is 9.88 Å². The number of carbonyl (C=O) groups excluding carboxylic acids is 1. The van der Waals surface area contributed by atoms with Crippen molar-refractivity contribution in [1.29, 1.82) is 0 Å². The normalized spacial score (nSPS) is 14.2. The fourth-order valence-corrected chi connectivity index (χ4v) is 4.11. The highest BCUT2D eigenvalue weighted by Gasteiger charge is 2.20. The Bertz CT molecular complexity index is 1140. The highest BCUT2D eigenvalue weighted by atomic mass is 16.2. The predicted molar refractivity (Wildman–Crippen MR) is 135 cm³/mol. The fraction of sp³-hybridized carbons (Fsp3) is 0.308. The first-order valence-electron chi connectivity index (χ1n) is 11.3. The van der Waals surface area contributed by atoms with Gasteiger partial charge in [-0.05, 0) is 43.3 Å². The first kappa shape index (κ1) is 22.6. The Kier molecular flexibility index (Phi) is 7.10. The minimum atomic E-state index is -0.408. The van der Waals surface area contributed by atoms with Crippen molar-refractivity contribution in [3.63, 3.8) is 0 Å². The molecule has 33 heavy (non-hydrogen) atoms. The third-order valence-electron chi connectivity index (χ3n) is 6.13. The van der Waals surface area contributed by atoms with Crippen molar-refractivity contribution in [2.75, 3.05) is 61.9 Å². The van der Waals surface area contributed by atoms with E-state index in [1.54, 1.807) is 12.3 Å². The largest absolute Gasteiger partial charge is 0.373 e. The Morgan fingerprint density at radius 2 is 1.79 bits per heavy atom. The van der Waals surface area contributed by atoms with Crippen molar-refractivity contribution in [3.8, 4) is 0 Å². The summed E-state index contributed by atoms with van der Waals surface area (Å²) in [5.41, 5.74) is 3.30. The quantitative estimate of drug-likeness (QED) is 0.585. The van der Waals surface area contributed by atoms with Gasteiger partial charge in [-0.2, -0.15) is 0 Å². The summed E-state index contributed by atoms with van der Waals surface area (Å²) < 4.78 is 0. The number of hydrogen-bond acceptors (Lipinski definition) is 5. The molecule has 4 rings (SSSR count). The molecule has 2 aromatic carbocycles. The molecule has 7 heteroatoms. The summed E-state index contributed by atoms with van der Waals surface area (Å²) in [7, 11) is 4.03. The Labute approximate surface area is 194 Å². The lowest BCUT2D eigenvalue weighted by molar-refractivity contribution is 0.102. The van der Waals surface area contributed by atoms with Gasteiger partial charge >= 0.3 is 0 Å². The van der Waals surface area contributed by atoms with Gasteiger partial charge in [-0.25, -0.2) is 0 Å². The van der Waals surface area contributed by atoms with Crippen molar-refractivity contribution in [2.45, 2.75) is 6.42 Å². The zero-order valence-electron chi connectivity index (χ0n) is 19.3. The van der Waals surface area contributed by atoms with Gasteiger partial charge < -0.3 is 25.0 Å². The molecule has 0 saturated carbocycles. The van der Waals surface area contributed by atoms with Gasteiger partial charge in [0.15, 0.2) is 0 Å². The molecule has 1 fully saturated rings. The van der Waals surface area contributed by atoms with Gasteiger partial charge in [0, 0.05) is 57.3 Å². The molecule has 0 spiro atoms. The molecular weight excluding hydrogens is 414 g/mol. The molecular formula is C26H31N5O2. The highest BCUT2D eigenvalue weighted by molar-refractivity contribution is 6.08. The number of hydrogen-bond donors (Lipinski definition) is 2. The molecule has 1 aliphatic heterocycles. The maximum absolute atomic E-state index is 13.2. The Hall–Kier alpha value is -3.58. The van der Waals surface area contributed by atoms with Crippen LogP contribution in [0.4, 0.5) is 17.1 Å². The molecule has 0 aliphatic carbocycles. The van der Waals surface area contributed by atoms with Crippen molar-refractivity contribution in [2.24, 2.45) is 0 Å². The van der Waals surface area contributed by atoms with Crippen LogP contribution in [0.1, 0.15) is 15.9 Å². The number of likely N-dealkylation sites (N-methyl/N-ethyl adjacent to an activating group) is 2. The van der Waals surface area contributed by atoms with Crippen LogP contribution in [-0.4, -0.2) is 62.6 Å². The number of rotatable bonds is 7. The average Bonchev–Trinajstić information content (AvgIpc) is 2.83. The molecule has 1 saturated heterocycles. The van der Waals surface area contributed by atoms with E-state index in [1.165, 1.54) is 5.56 Å². The van der Waals surface area contributed by atoms with E-state index in [2.05, 4.69) is 45.3 Å². The molecule has 0 radical (unpaired) electrons. The van der Waals surface area contributed by atoms with E-state index in [-0.39, 0.29) is 5.56 Å². The van der Waals surface area contributed by atoms with Crippen LogP contribution in [-0.2, 0) is 6.42 Å². The van der Waals surface area contributed by atoms with E-state index >= 15 is 0 Å². The lowest BCUT2D eigenvalue weighted by Gasteiger charge is -2.34. The Morgan fingerprint density at radius 3 is 2.55 bits per heavy atom. The predicted octanol–water partition coefficient (Wildman–Crippen LogP) is 3.06. The molecule has 2 N–H and O–H groups in total. The number of aromatic nitrogens is 1. The van der Waals surface area contributed by atoms with Crippen LogP contribution in [0.15, 0.2) is 71.7 Å². The van der Waals surface area contributed by atoms with Crippen molar-refractivity contribution in [3.05, 3.63) is 88.3 Å². The maximum atomic E-state index is 13.2. The molecule has 1 amide bonds. The summed E-state index contributed by atoms with van der Waals surface area (Å²) in [5.74, 6) is -0.408. The zero-order chi connectivity index (χ0) is 23.2. The lowest BCUT2D eigenvalue weighted by atomic mass is 10.1. The van der Waals surface area contributed by atoms with Crippen LogP contribution >= 0.6 is 0 Å². The van der Waals surface area contributed by atoms with Crippen LogP contribution in [0.5, 0.6) is 0 Å². The van der Waals surface area contributed by atoms with Gasteiger partial charge in [-0.15, -0.1) is 0 Å². The van der Waals surface area contributed by atoms with Gasteiger partial charge in [0.2, 0.25) is 0 Å². The minimum absolute atomic E-state index is 0.123. The molecule has 3 aromatic rings. The number of anilines is 3. The molecule has 2 heterocycles. The second-order valence-electron chi connectivity index (χ2n) is 8.52. The number of aromatic amines is 1. The van der Waals surface area contributed by atoms with Crippen LogP contribution in [0.2, 0.25) is 0 Å². The smallest absolute Gasteiger partial charge is 0.263 e. The van der Waals surface area contributed by atoms with Crippen LogP contribution < -0.4 is 20.7 Å². The molecule has 0 atom stereocenters. The van der Waals surface area contributed by atoms with E-state index in [0.717, 1.165) is 38.3 Å². The van der Waals surface area contributed by atoms with E-state index in [1.807, 2.05) is 48.3 Å². The molecule has 0 unspecified atom stereocenters. The second-order valence-corrected chi connectivity index (χ2v) is 8.52. The van der Waals surface area contributed by atoms with Crippen LogP contribution in [0.25, 0.3) is 0 Å². The van der Waals surface area contributed by atoms with Crippen LogP contribution in [0.3, 0.4) is 0 Å². The van der Waals surface area contributed by atoms with E-state index in [4.69, 9.17) is 0 Å². The molecule has 7 nitrogen and oxygen atoms in total. The molecule has 1 aliphatic rings. The summed E-state index contributed by atoms with van der Waals surface area (Å²) in [6, 6.07) is 19.8. The van der Waals surface area contributed by atoms with Gasteiger partial charge in [0.1, 0.15) is 5.56 Å². The Balaban J connectivity index is 1.49. The maximum Gasteiger partial charge on any atom is 0.263 e. The van der Waals surface area contributed by atoms with E-state index < -0.39 is 11.5 Å². The topological polar surface area (TPSA) is 71.7 Å². The highest BCUT2D eigenvalue weighted by Crippen LogP contribution is 2.22. The summed E-state index contributed by atoms with van der Waals surface area (Å²) >= 11 is 0. The summed E-state index contributed by atoms with van der Waals surface area (Å²) in [4.78, 5) is 35.0. The van der Waals surface area contributed by atoms with Crippen molar-refractivity contribution < 1.29 is 4.79 Å². The first-order chi connectivity index (χ1) is 16.0.